The first-order valence-corrected chi connectivity index (χ1v) is 24.4. The molecule has 66 heavy (non-hydrogen) atoms. The minimum absolute atomic E-state index is 0.0591. The average molecular weight is 891 g/mol. The van der Waals surface area contributed by atoms with Crippen LogP contribution in [0.15, 0.2) is 78.9 Å². The van der Waals surface area contributed by atoms with Crippen LogP contribution in [0.4, 0.5) is 16.2 Å². The van der Waals surface area contributed by atoms with Gasteiger partial charge < -0.3 is 33.5 Å². The number of nitrogens with zero attached hydrogens (tertiary/aromatic N) is 8. The predicted octanol–water partition coefficient (Wildman–Crippen LogP) is 7.82. The van der Waals surface area contributed by atoms with E-state index in [1.54, 1.807) is 9.80 Å². The highest BCUT2D eigenvalue weighted by Crippen LogP contribution is 2.49. The van der Waals surface area contributed by atoms with Gasteiger partial charge in [-0.25, -0.2) is 14.8 Å². The number of rotatable bonds is 13. The van der Waals surface area contributed by atoms with E-state index in [9.17, 15) is 19.2 Å². The predicted molar refractivity (Wildman–Crippen MR) is 252 cm³/mol. The summed E-state index contributed by atoms with van der Waals surface area (Å²) in [4.78, 5) is 68.6. The number of fused-ring (bicyclic) bond motifs is 6. The number of benzene rings is 3. The standard InChI is InChI=1S/C30H34N4O3.C23H28N4O2/c1-2-3-17-33-26-16-10-8-14-24(26)31-27(33)18-34-25-15-9-7-13-23(25)30(28(34)35)20-32(21-30)29(36)37-19-22-11-5-4-6-12-22;1-2-3-12-26-20-11-7-5-9-18(20)24-21(26)13-27-19-10-6-4-8-17(19)23(22(27)29)14-25(15-23)16-28/h4-7,9,11-13,15H,2-3,8,10,14,16-21H2,1H3;4,6,8,10,16H,2-3,5,7,9,11-15H2,1H3. The Morgan fingerprint density at radius 2 is 1.11 bits per heavy atom. The van der Waals surface area contributed by atoms with E-state index in [2.05, 4.69) is 23.0 Å². The Morgan fingerprint density at radius 3 is 1.61 bits per heavy atom. The van der Waals surface area contributed by atoms with Crippen LogP contribution in [-0.4, -0.2) is 79.4 Å². The normalized spacial score (nSPS) is 18.3. The number of aryl methyl sites for hydroxylation is 2. The van der Waals surface area contributed by atoms with Crippen LogP contribution in [0.25, 0.3) is 0 Å². The monoisotopic (exact) mass is 890 g/mol. The van der Waals surface area contributed by atoms with Crippen molar-refractivity contribution in [1.29, 1.82) is 0 Å². The quantitative estimate of drug-likeness (QED) is 0.110. The van der Waals surface area contributed by atoms with Gasteiger partial charge in [-0.3, -0.25) is 14.4 Å². The third-order valence-electron chi connectivity index (χ3n) is 14.9. The molecule has 2 saturated heterocycles. The molecule has 0 unspecified atom stereocenters. The van der Waals surface area contributed by atoms with E-state index in [1.165, 1.54) is 48.5 Å². The molecule has 2 aromatic heterocycles. The van der Waals surface area contributed by atoms with Gasteiger partial charge in [0, 0.05) is 62.0 Å². The number of likely N-dealkylation sites (tertiary alicyclic amines) is 2. The summed E-state index contributed by atoms with van der Waals surface area (Å²) in [5.74, 6) is 2.17. The molecule has 0 saturated carbocycles. The fourth-order valence-electron chi connectivity index (χ4n) is 11.4. The van der Waals surface area contributed by atoms with Crippen LogP contribution in [-0.2, 0) is 88.4 Å². The first-order chi connectivity index (χ1) is 32.3. The Labute approximate surface area is 387 Å². The van der Waals surface area contributed by atoms with Gasteiger partial charge >= 0.3 is 6.09 Å². The molecule has 6 heterocycles. The summed E-state index contributed by atoms with van der Waals surface area (Å²) in [5.41, 5.74) is 8.82. The van der Waals surface area contributed by atoms with Crippen molar-refractivity contribution in [2.24, 2.45) is 0 Å². The largest absolute Gasteiger partial charge is 0.445 e. The number of imidazole rings is 2. The molecule has 2 fully saturated rings. The maximum atomic E-state index is 14.0. The van der Waals surface area contributed by atoms with E-state index in [1.807, 2.05) is 88.7 Å². The average Bonchev–Trinajstić information content (AvgIpc) is 4.01. The van der Waals surface area contributed by atoms with Gasteiger partial charge in [-0.2, -0.15) is 0 Å². The lowest BCUT2D eigenvalue weighted by molar-refractivity contribution is -0.135. The summed E-state index contributed by atoms with van der Waals surface area (Å²) in [6.07, 6.45) is 14.0. The third kappa shape index (κ3) is 7.57. The number of carbonyl (C=O) groups is 4. The lowest BCUT2D eigenvalue weighted by Gasteiger charge is -2.45. The summed E-state index contributed by atoms with van der Waals surface area (Å²) in [7, 11) is 0. The van der Waals surface area contributed by atoms with Crippen molar-refractivity contribution in [3.8, 4) is 0 Å². The summed E-state index contributed by atoms with van der Waals surface area (Å²) in [6.45, 7) is 9.18. The SMILES string of the molecule is CCCCn1c(CN2C(=O)C3(CN(C(=O)OCc4ccccc4)C3)c3ccccc32)nc2c1CCCC2.CCCCn1c(CN2C(=O)C3(CN(C=O)C3)c3ccccc32)nc2c1CCCC2. The topological polar surface area (TPSA) is 126 Å². The number of ether oxygens (including phenoxy) is 1. The fraction of sp³-hybridized carbons (Fsp3) is 0.472. The van der Waals surface area contributed by atoms with Crippen molar-refractivity contribution in [3.63, 3.8) is 0 Å². The smallest absolute Gasteiger partial charge is 0.410 e. The van der Waals surface area contributed by atoms with Crippen LogP contribution in [0, 0.1) is 0 Å². The third-order valence-corrected chi connectivity index (χ3v) is 14.9. The van der Waals surface area contributed by atoms with Crippen molar-refractivity contribution in [1.82, 2.24) is 28.9 Å². The maximum absolute atomic E-state index is 14.0. The molecule has 0 bridgehead atoms. The molecular formula is C53H62N8O5. The Hall–Kier alpha value is -6.24. The molecule has 2 aliphatic carbocycles. The Morgan fingerprint density at radius 1 is 0.636 bits per heavy atom. The van der Waals surface area contributed by atoms with Crippen molar-refractivity contribution < 1.29 is 23.9 Å². The van der Waals surface area contributed by atoms with Crippen molar-refractivity contribution in [3.05, 3.63) is 130 Å². The number of hydrogen-bond acceptors (Lipinski definition) is 7. The van der Waals surface area contributed by atoms with Crippen LogP contribution in [0.3, 0.4) is 0 Å². The van der Waals surface area contributed by atoms with Gasteiger partial charge in [0.1, 0.15) is 29.1 Å². The van der Waals surface area contributed by atoms with Gasteiger partial charge in [0.15, 0.2) is 0 Å². The van der Waals surface area contributed by atoms with E-state index in [0.717, 1.165) is 111 Å². The van der Waals surface area contributed by atoms with Crippen LogP contribution >= 0.6 is 0 Å². The van der Waals surface area contributed by atoms with E-state index in [0.29, 0.717) is 39.3 Å². The molecule has 5 aromatic rings. The summed E-state index contributed by atoms with van der Waals surface area (Å²) < 4.78 is 10.3. The maximum Gasteiger partial charge on any atom is 0.410 e. The number of para-hydroxylation sites is 2. The molecular weight excluding hydrogens is 829 g/mol. The highest BCUT2D eigenvalue weighted by molar-refractivity contribution is 6.10. The van der Waals surface area contributed by atoms with Gasteiger partial charge in [-0.05, 0) is 93.0 Å². The van der Waals surface area contributed by atoms with Crippen LogP contribution in [0.5, 0.6) is 0 Å². The molecule has 3 aromatic carbocycles. The molecule has 4 aliphatic heterocycles. The first kappa shape index (κ1) is 43.6. The van der Waals surface area contributed by atoms with Crippen LogP contribution in [0.1, 0.15) is 116 Å². The lowest BCUT2D eigenvalue weighted by atomic mass is 9.75. The minimum atomic E-state index is -0.706. The summed E-state index contributed by atoms with van der Waals surface area (Å²) in [6, 6.07) is 25.7. The fourth-order valence-corrected chi connectivity index (χ4v) is 11.4. The summed E-state index contributed by atoms with van der Waals surface area (Å²) in [5, 5.41) is 0. The van der Waals surface area contributed by atoms with Crippen LogP contribution < -0.4 is 9.80 Å². The highest BCUT2D eigenvalue weighted by atomic mass is 16.6. The van der Waals surface area contributed by atoms with E-state index >= 15 is 0 Å². The second kappa shape index (κ2) is 18.2. The molecule has 6 aliphatic rings. The molecule has 11 rings (SSSR count). The van der Waals surface area contributed by atoms with Crippen molar-refractivity contribution in [2.45, 2.75) is 135 Å². The van der Waals surface area contributed by atoms with Crippen molar-refractivity contribution >= 4 is 35.7 Å². The Bertz CT molecular complexity index is 2620. The van der Waals surface area contributed by atoms with Gasteiger partial charge in [-0.15, -0.1) is 0 Å². The zero-order chi connectivity index (χ0) is 45.4. The number of unbranched alkanes of at least 4 members (excludes halogenated alkanes) is 2. The zero-order valence-corrected chi connectivity index (χ0v) is 38.6. The number of carbonyl (C=O) groups excluding carboxylic acids is 4. The molecule has 2 spiro atoms. The molecule has 0 radical (unpaired) electrons. The van der Waals surface area contributed by atoms with Gasteiger partial charge in [0.05, 0.1) is 24.5 Å². The van der Waals surface area contributed by atoms with E-state index in [4.69, 9.17) is 14.7 Å². The summed E-state index contributed by atoms with van der Waals surface area (Å²) >= 11 is 0. The van der Waals surface area contributed by atoms with Crippen molar-refractivity contribution in [2.75, 3.05) is 36.0 Å². The van der Waals surface area contributed by atoms with E-state index in [-0.39, 0.29) is 24.5 Å². The van der Waals surface area contributed by atoms with Gasteiger partial charge in [0.25, 0.3) is 0 Å². The van der Waals surface area contributed by atoms with Crippen LogP contribution in [0.2, 0.25) is 0 Å². The Balaban J connectivity index is 0.000000160. The number of amides is 4. The molecule has 0 atom stereocenters. The van der Waals surface area contributed by atoms with Gasteiger partial charge in [-0.1, -0.05) is 93.4 Å². The minimum Gasteiger partial charge on any atom is -0.445 e. The lowest BCUT2D eigenvalue weighted by Crippen LogP contribution is -2.65. The van der Waals surface area contributed by atoms with Gasteiger partial charge in [0.2, 0.25) is 18.2 Å². The number of hydrogen-bond donors (Lipinski definition) is 0. The zero-order valence-electron chi connectivity index (χ0n) is 38.6. The second-order valence-corrected chi connectivity index (χ2v) is 19.2. The molecule has 13 heteroatoms. The number of anilines is 2. The second-order valence-electron chi connectivity index (χ2n) is 19.2. The molecule has 344 valence electrons. The molecule has 0 N–H and O–H groups in total. The highest BCUT2D eigenvalue weighted by Gasteiger charge is 2.60. The number of aromatic nitrogens is 4. The molecule has 13 nitrogen and oxygen atoms in total. The Kier molecular flexibility index (Phi) is 12.0. The van der Waals surface area contributed by atoms with E-state index < -0.39 is 10.8 Å². The molecule has 4 amide bonds. The first-order valence-electron chi connectivity index (χ1n) is 24.4.